The third-order valence-electron chi connectivity index (χ3n) is 5.77. The Kier molecular flexibility index (Phi) is 9.31. The number of aromatic nitrogens is 1. The third-order valence-corrected chi connectivity index (χ3v) is 7.15. The highest BCUT2D eigenvalue weighted by molar-refractivity contribution is 7.89. The second-order valence-electron chi connectivity index (χ2n) is 8.26. The predicted molar refractivity (Wildman–Crippen MR) is 124 cm³/mol. The normalized spacial score (nSPS) is 15.8. The van der Waals surface area contributed by atoms with Crippen LogP contribution < -0.4 is 9.46 Å². The van der Waals surface area contributed by atoms with Crippen LogP contribution in [-0.2, 0) is 16.4 Å². The van der Waals surface area contributed by atoms with Crippen molar-refractivity contribution >= 4 is 10.0 Å². The van der Waals surface area contributed by atoms with E-state index in [0.717, 1.165) is 51.2 Å². The van der Waals surface area contributed by atoms with Gasteiger partial charge in [-0.15, -0.1) is 0 Å². The number of nitrogens with one attached hydrogen (secondary N) is 1. The van der Waals surface area contributed by atoms with E-state index in [0.29, 0.717) is 18.9 Å². The van der Waals surface area contributed by atoms with Crippen LogP contribution in [0.3, 0.4) is 0 Å². The second-order valence-corrected chi connectivity index (χ2v) is 9.97. The molecule has 2 aromatic rings. The lowest BCUT2D eigenvalue weighted by Gasteiger charge is -2.32. The maximum Gasteiger partial charge on any atom is 0.258 e. The lowest BCUT2D eigenvalue weighted by Crippen LogP contribution is -2.36. The van der Waals surface area contributed by atoms with E-state index in [1.807, 2.05) is 0 Å². The van der Waals surface area contributed by atoms with E-state index < -0.39 is 10.0 Å². The van der Waals surface area contributed by atoms with Gasteiger partial charge in [-0.1, -0.05) is 43.7 Å². The van der Waals surface area contributed by atoms with E-state index >= 15 is 0 Å². The molecular formula is C24H35N3O3S. The zero-order valence-corrected chi connectivity index (χ0v) is 19.3. The Labute approximate surface area is 187 Å². The highest BCUT2D eigenvalue weighted by atomic mass is 32.2. The first-order valence-electron chi connectivity index (χ1n) is 11.4. The summed E-state index contributed by atoms with van der Waals surface area (Å²) in [5, 5.41) is 0.0390. The Bertz CT molecular complexity index is 865. The maximum atomic E-state index is 12.4. The topological polar surface area (TPSA) is 71.5 Å². The van der Waals surface area contributed by atoms with E-state index in [-0.39, 0.29) is 5.03 Å². The third kappa shape index (κ3) is 7.91. The summed E-state index contributed by atoms with van der Waals surface area (Å²) in [6, 6.07) is 13.9. The second kappa shape index (κ2) is 12.2. The largest absolute Gasteiger partial charge is 0.492 e. The molecule has 0 radical (unpaired) electrons. The summed E-state index contributed by atoms with van der Waals surface area (Å²) in [5.41, 5.74) is 1.42. The lowest BCUT2D eigenvalue weighted by molar-refractivity contribution is 0.183. The summed E-state index contributed by atoms with van der Waals surface area (Å²) in [5.74, 6) is 1.35. The molecule has 0 atom stereocenters. The number of hydrogen-bond donors (Lipinski definition) is 1. The van der Waals surface area contributed by atoms with Crippen molar-refractivity contribution in [1.29, 1.82) is 0 Å². The van der Waals surface area contributed by atoms with Crippen molar-refractivity contribution in [2.75, 3.05) is 32.8 Å². The average Bonchev–Trinajstić information content (AvgIpc) is 2.79. The molecule has 3 rings (SSSR count). The smallest absolute Gasteiger partial charge is 0.258 e. The summed E-state index contributed by atoms with van der Waals surface area (Å²) >= 11 is 0. The molecule has 2 heterocycles. The van der Waals surface area contributed by atoms with E-state index in [9.17, 15) is 8.42 Å². The van der Waals surface area contributed by atoms with Gasteiger partial charge in [0.25, 0.3) is 10.0 Å². The first-order valence-corrected chi connectivity index (χ1v) is 12.9. The SMILES string of the molecule is CCCCOc1ccc(S(=O)(=O)NCCCN2CCC(Cc3ccccc3)CC2)nc1. The molecule has 0 amide bonds. The van der Waals surface area contributed by atoms with Gasteiger partial charge in [0.1, 0.15) is 5.75 Å². The van der Waals surface area contributed by atoms with Gasteiger partial charge < -0.3 is 9.64 Å². The molecule has 0 saturated carbocycles. The van der Waals surface area contributed by atoms with E-state index in [4.69, 9.17) is 4.74 Å². The number of nitrogens with zero attached hydrogens (tertiary/aromatic N) is 2. The van der Waals surface area contributed by atoms with Crippen LogP contribution in [0.25, 0.3) is 0 Å². The van der Waals surface area contributed by atoms with Crippen LogP contribution >= 0.6 is 0 Å². The van der Waals surface area contributed by atoms with Crippen molar-refractivity contribution in [2.24, 2.45) is 5.92 Å². The van der Waals surface area contributed by atoms with Crippen molar-refractivity contribution in [3.8, 4) is 5.75 Å². The average molecular weight is 446 g/mol. The van der Waals surface area contributed by atoms with Crippen molar-refractivity contribution in [3.63, 3.8) is 0 Å². The van der Waals surface area contributed by atoms with Crippen molar-refractivity contribution in [2.45, 2.75) is 50.5 Å². The fourth-order valence-electron chi connectivity index (χ4n) is 3.89. The van der Waals surface area contributed by atoms with Crippen LogP contribution in [0.5, 0.6) is 5.75 Å². The van der Waals surface area contributed by atoms with Gasteiger partial charge in [-0.05, 0) is 75.4 Å². The maximum absolute atomic E-state index is 12.4. The molecule has 1 aliphatic rings. The highest BCUT2D eigenvalue weighted by Gasteiger charge is 2.20. The Morgan fingerprint density at radius 2 is 1.87 bits per heavy atom. The minimum absolute atomic E-state index is 0.0390. The van der Waals surface area contributed by atoms with Crippen LogP contribution in [0.1, 0.15) is 44.6 Å². The van der Waals surface area contributed by atoms with Gasteiger partial charge >= 0.3 is 0 Å². The Balaban J connectivity index is 1.34. The summed E-state index contributed by atoms with van der Waals surface area (Å²) in [7, 11) is -3.58. The summed E-state index contributed by atoms with van der Waals surface area (Å²) in [6.45, 7) is 6.22. The molecule has 1 aromatic carbocycles. The Morgan fingerprint density at radius 3 is 2.55 bits per heavy atom. The van der Waals surface area contributed by atoms with Gasteiger partial charge in [-0.25, -0.2) is 18.1 Å². The van der Waals surface area contributed by atoms with Crippen LogP contribution in [-0.4, -0.2) is 51.1 Å². The monoisotopic (exact) mass is 445 g/mol. The molecule has 0 bridgehead atoms. The number of hydrogen-bond acceptors (Lipinski definition) is 5. The summed E-state index contributed by atoms with van der Waals surface area (Å²) in [4.78, 5) is 6.50. The number of pyridine rings is 1. The van der Waals surface area contributed by atoms with Crippen molar-refractivity contribution < 1.29 is 13.2 Å². The van der Waals surface area contributed by atoms with E-state index in [1.165, 1.54) is 30.7 Å². The molecule has 1 saturated heterocycles. The standard InChI is InChI=1S/C24H35N3O3S/c1-2-3-18-30-23-10-11-24(25-20-23)31(28,29)26-14-7-15-27-16-12-22(13-17-27)19-21-8-5-4-6-9-21/h4-6,8-11,20,22,26H,2-3,7,12-19H2,1H3. The molecule has 1 fully saturated rings. The quantitative estimate of drug-likeness (QED) is 0.502. The minimum Gasteiger partial charge on any atom is -0.492 e. The van der Waals surface area contributed by atoms with Gasteiger partial charge in [0.05, 0.1) is 12.8 Å². The number of rotatable bonds is 12. The van der Waals surface area contributed by atoms with E-state index in [2.05, 4.69) is 51.9 Å². The zero-order valence-electron chi connectivity index (χ0n) is 18.5. The number of piperidine rings is 1. The zero-order chi connectivity index (χ0) is 21.9. The molecule has 170 valence electrons. The van der Waals surface area contributed by atoms with Crippen molar-refractivity contribution in [3.05, 3.63) is 54.2 Å². The fraction of sp³-hybridized carbons (Fsp3) is 0.542. The molecule has 0 aliphatic carbocycles. The number of ether oxygens (including phenoxy) is 1. The summed E-state index contributed by atoms with van der Waals surface area (Å²) in [6.07, 6.45) is 7.85. The molecule has 0 unspecified atom stereocenters. The molecule has 0 spiro atoms. The highest BCUT2D eigenvalue weighted by Crippen LogP contribution is 2.21. The van der Waals surface area contributed by atoms with Crippen LogP contribution in [0.15, 0.2) is 53.7 Å². The van der Waals surface area contributed by atoms with Crippen molar-refractivity contribution in [1.82, 2.24) is 14.6 Å². The summed E-state index contributed by atoms with van der Waals surface area (Å²) < 4.78 is 33.1. The van der Waals surface area contributed by atoms with Crippen LogP contribution in [0.4, 0.5) is 0 Å². The van der Waals surface area contributed by atoms with Gasteiger partial charge in [0.15, 0.2) is 5.03 Å². The first kappa shape index (κ1) is 23.7. The minimum atomic E-state index is -3.58. The van der Waals surface area contributed by atoms with Gasteiger partial charge in [-0.2, -0.15) is 0 Å². The molecule has 6 nitrogen and oxygen atoms in total. The Morgan fingerprint density at radius 1 is 1.10 bits per heavy atom. The first-order chi connectivity index (χ1) is 15.1. The number of unbranched alkanes of at least 4 members (excludes halogenated alkanes) is 1. The van der Waals surface area contributed by atoms with Gasteiger partial charge in [0.2, 0.25) is 0 Å². The molecule has 1 aromatic heterocycles. The van der Waals surface area contributed by atoms with Gasteiger partial charge in [0, 0.05) is 6.54 Å². The number of likely N-dealkylation sites (tertiary alicyclic amines) is 1. The van der Waals surface area contributed by atoms with Crippen LogP contribution in [0, 0.1) is 5.92 Å². The van der Waals surface area contributed by atoms with E-state index in [1.54, 1.807) is 6.07 Å². The van der Waals surface area contributed by atoms with Crippen LogP contribution in [0.2, 0.25) is 0 Å². The molecular weight excluding hydrogens is 410 g/mol. The fourth-order valence-corrected chi connectivity index (χ4v) is 4.89. The molecule has 1 aliphatic heterocycles. The number of sulfonamides is 1. The predicted octanol–water partition coefficient (Wildman–Crippen LogP) is 3.88. The van der Waals surface area contributed by atoms with Gasteiger partial charge in [-0.3, -0.25) is 0 Å². The molecule has 7 heteroatoms. The molecule has 1 N–H and O–H groups in total. The Hall–Kier alpha value is -1.96. The molecule has 31 heavy (non-hydrogen) atoms. The number of benzene rings is 1. The lowest BCUT2D eigenvalue weighted by atomic mass is 9.90.